The van der Waals surface area contributed by atoms with E-state index in [2.05, 4.69) is 9.88 Å². The molecule has 0 aliphatic carbocycles. The van der Waals surface area contributed by atoms with E-state index in [1.807, 2.05) is 25.1 Å². The van der Waals surface area contributed by atoms with Gasteiger partial charge in [0, 0.05) is 6.54 Å². The van der Waals surface area contributed by atoms with Gasteiger partial charge in [0.05, 0.1) is 25.8 Å². The third-order valence-corrected chi connectivity index (χ3v) is 4.84. The molecule has 1 fully saturated rings. The van der Waals surface area contributed by atoms with Gasteiger partial charge in [-0.05, 0) is 45.0 Å². The molecular weight excluding hydrogens is 336 g/mol. The summed E-state index contributed by atoms with van der Waals surface area (Å²) >= 11 is 0. The van der Waals surface area contributed by atoms with Gasteiger partial charge in [0.1, 0.15) is 22.8 Å². The molecule has 0 spiro atoms. The summed E-state index contributed by atoms with van der Waals surface area (Å²) in [4.78, 5) is 18.0. The Morgan fingerprint density at radius 3 is 2.42 bits per heavy atom. The van der Waals surface area contributed by atoms with E-state index in [1.54, 1.807) is 14.2 Å². The van der Waals surface area contributed by atoms with Gasteiger partial charge in [0.25, 0.3) is 0 Å². The molecule has 26 heavy (non-hydrogen) atoms. The first kappa shape index (κ1) is 18.3. The molecule has 0 unspecified atom stereocenters. The van der Waals surface area contributed by atoms with Crippen LogP contribution >= 0.6 is 0 Å². The van der Waals surface area contributed by atoms with Gasteiger partial charge in [-0.25, -0.2) is 4.98 Å². The van der Waals surface area contributed by atoms with E-state index >= 15 is 0 Å². The Kier molecular flexibility index (Phi) is 5.46. The van der Waals surface area contributed by atoms with Gasteiger partial charge in [-0.1, -0.05) is 6.07 Å². The summed E-state index contributed by atoms with van der Waals surface area (Å²) in [7, 11) is 3.20. The minimum atomic E-state index is -0.701. The van der Waals surface area contributed by atoms with Crippen LogP contribution in [0.4, 0.5) is 0 Å². The van der Waals surface area contributed by atoms with Crippen LogP contribution in [-0.4, -0.2) is 48.3 Å². The van der Waals surface area contributed by atoms with Crippen LogP contribution < -0.4 is 9.47 Å². The molecular formula is C19H24N2O5. The first-order valence-electron chi connectivity index (χ1n) is 8.66. The molecule has 0 amide bonds. The summed E-state index contributed by atoms with van der Waals surface area (Å²) in [6, 6.07) is 5.53. The lowest BCUT2D eigenvalue weighted by atomic mass is 9.97. The number of carboxylic acid groups (broad SMARTS) is 1. The average Bonchev–Trinajstić information content (AvgIpc) is 3.01. The van der Waals surface area contributed by atoms with Crippen LogP contribution in [0.1, 0.15) is 24.3 Å². The topological polar surface area (TPSA) is 85.0 Å². The van der Waals surface area contributed by atoms with E-state index in [0.717, 1.165) is 24.5 Å². The highest BCUT2D eigenvalue weighted by Gasteiger charge is 2.26. The summed E-state index contributed by atoms with van der Waals surface area (Å²) in [5, 5.41) is 9.12. The number of aliphatic carboxylic acids is 1. The van der Waals surface area contributed by atoms with Crippen molar-refractivity contribution in [3.63, 3.8) is 0 Å². The molecule has 0 bridgehead atoms. The van der Waals surface area contributed by atoms with Crippen LogP contribution in [0.2, 0.25) is 0 Å². The zero-order chi connectivity index (χ0) is 18.7. The van der Waals surface area contributed by atoms with E-state index in [1.165, 1.54) is 0 Å². The number of carbonyl (C=O) groups is 1. The second-order valence-electron chi connectivity index (χ2n) is 6.45. The smallest absolute Gasteiger partial charge is 0.306 e. The highest BCUT2D eigenvalue weighted by Crippen LogP contribution is 2.38. The monoisotopic (exact) mass is 360 g/mol. The third kappa shape index (κ3) is 3.67. The first-order chi connectivity index (χ1) is 12.5. The predicted octanol–water partition coefficient (Wildman–Crippen LogP) is 2.96. The van der Waals surface area contributed by atoms with Gasteiger partial charge >= 0.3 is 5.97 Å². The third-order valence-electron chi connectivity index (χ3n) is 4.84. The van der Waals surface area contributed by atoms with Gasteiger partial charge < -0.3 is 19.0 Å². The van der Waals surface area contributed by atoms with E-state index < -0.39 is 5.97 Å². The highest BCUT2D eigenvalue weighted by molar-refractivity contribution is 5.71. The zero-order valence-corrected chi connectivity index (χ0v) is 15.3. The second-order valence-corrected chi connectivity index (χ2v) is 6.45. The fraction of sp³-hybridized carbons (Fsp3) is 0.474. The van der Waals surface area contributed by atoms with E-state index in [0.29, 0.717) is 42.3 Å². The Bertz CT molecular complexity index is 756. The molecule has 1 aromatic heterocycles. The number of piperidine rings is 1. The minimum absolute atomic E-state index is 0.238. The van der Waals surface area contributed by atoms with Gasteiger partial charge in [-0.15, -0.1) is 0 Å². The molecule has 0 atom stereocenters. The zero-order valence-electron chi connectivity index (χ0n) is 15.3. The van der Waals surface area contributed by atoms with E-state index in [-0.39, 0.29) is 5.92 Å². The van der Waals surface area contributed by atoms with Crippen LogP contribution in [0.3, 0.4) is 0 Å². The molecule has 0 radical (unpaired) electrons. The summed E-state index contributed by atoms with van der Waals surface area (Å²) in [5.41, 5.74) is 1.54. The van der Waals surface area contributed by atoms with Crippen molar-refractivity contribution in [2.75, 3.05) is 27.3 Å². The summed E-state index contributed by atoms with van der Waals surface area (Å²) in [6.07, 6.45) is 1.33. The number of likely N-dealkylation sites (tertiary alicyclic amines) is 1. The molecule has 1 aromatic carbocycles. The van der Waals surface area contributed by atoms with Gasteiger partial charge in [0.15, 0.2) is 0 Å². The summed E-state index contributed by atoms with van der Waals surface area (Å²) in [6.45, 7) is 4.02. The maximum atomic E-state index is 11.1. The largest absolute Gasteiger partial charge is 0.496 e. The normalized spacial score (nSPS) is 15.8. The van der Waals surface area contributed by atoms with Crippen molar-refractivity contribution in [2.24, 2.45) is 5.92 Å². The molecule has 0 saturated carbocycles. The van der Waals surface area contributed by atoms with Gasteiger partial charge in [-0.3, -0.25) is 9.69 Å². The van der Waals surface area contributed by atoms with Crippen molar-refractivity contribution in [1.29, 1.82) is 0 Å². The van der Waals surface area contributed by atoms with Crippen molar-refractivity contribution < 1.29 is 23.8 Å². The molecule has 3 rings (SSSR count). The number of ether oxygens (including phenoxy) is 2. The number of hydrogen-bond acceptors (Lipinski definition) is 6. The number of nitrogens with zero attached hydrogens (tertiary/aromatic N) is 2. The summed E-state index contributed by atoms with van der Waals surface area (Å²) < 4.78 is 16.8. The average molecular weight is 360 g/mol. The Hall–Kier alpha value is -2.54. The molecule has 1 saturated heterocycles. The standard InChI is InChI=1S/C19H24N2O5/c1-12-14(11-21-9-7-13(8-10-21)19(22)23)20-18(26-12)17-15(24-2)5-4-6-16(17)25-3/h4-6,13H,7-11H2,1-3H3,(H,22,23). The number of aromatic nitrogens is 1. The highest BCUT2D eigenvalue weighted by atomic mass is 16.5. The van der Waals surface area contributed by atoms with Crippen molar-refractivity contribution in [3.8, 4) is 23.0 Å². The fourth-order valence-corrected chi connectivity index (χ4v) is 3.29. The Morgan fingerprint density at radius 1 is 1.27 bits per heavy atom. The molecule has 2 aromatic rings. The molecule has 1 aliphatic heterocycles. The van der Waals surface area contributed by atoms with Crippen LogP contribution in [0, 0.1) is 12.8 Å². The second kappa shape index (κ2) is 7.78. The molecule has 7 nitrogen and oxygen atoms in total. The molecule has 1 N–H and O–H groups in total. The quantitative estimate of drug-likeness (QED) is 0.847. The number of rotatable bonds is 6. The van der Waals surface area contributed by atoms with Crippen molar-refractivity contribution >= 4 is 5.97 Å². The Balaban J connectivity index is 1.80. The number of hydrogen-bond donors (Lipinski definition) is 1. The maximum absolute atomic E-state index is 11.1. The van der Waals surface area contributed by atoms with E-state index in [4.69, 9.17) is 19.0 Å². The molecule has 140 valence electrons. The minimum Gasteiger partial charge on any atom is -0.496 e. The van der Waals surface area contributed by atoms with Gasteiger partial charge in [0.2, 0.25) is 5.89 Å². The van der Waals surface area contributed by atoms with Crippen LogP contribution in [-0.2, 0) is 11.3 Å². The van der Waals surface area contributed by atoms with Crippen molar-refractivity contribution in [2.45, 2.75) is 26.3 Å². The first-order valence-corrected chi connectivity index (χ1v) is 8.66. The van der Waals surface area contributed by atoms with Crippen LogP contribution in [0.25, 0.3) is 11.5 Å². The van der Waals surface area contributed by atoms with Crippen molar-refractivity contribution in [1.82, 2.24) is 9.88 Å². The van der Waals surface area contributed by atoms with Gasteiger partial charge in [-0.2, -0.15) is 0 Å². The lowest BCUT2D eigenvalue weighted by Gasteiger charge is -2.29. The van der Waals surface area contributed by atoms with Crippen LogP contribution in [0.15, 0.2) is 22.6 Å². The number of methoxy groups -OCH3 is 2. The molecule has 7 heteroatoms. The maximum Gasteiger partial charge on any atom is 0.306 e. The number of oxazole rings is 1. The number of benzene rings is 1. The molecule has 2 heterocycles. The molecule has 1 aliphatic rings. The fourth-order valence-electron chi connectivity index (χ4n) is 3.29. The number of carboxylic acids is 1. The number of aryl methyl sites for hydroxylation is 1. The Labute approximate surface area is 152 Å². The lowest BCUT2D eigenvalue weighted by molar-refractivity contribution is -0.143. The SMILES string of the molecule is COc1cccc(OC)c1-c1nc(CN2CCC(C(=O)O)CC2)c(C)o1. The van der Waals surface area contributed by atoms with Crippen molar-refractivity contribution in [3.05, 3.63) is 29.7 Å². The summed E-state index contributed by atoms with van der Waals surface area (Å²) in [5.74, 6) is 1.55. The van der Waals surface area contributed by atoms with Crippen LogP contribution in [0.5, 0.6) is 11.5 Å². The lowest BCUT2D eigenvalue weighted by Crippen LogP contribution is -2.36. The Morgan fingerprint density at radius 2 is 1.88 bits per heavy atom. The predicted molar refractivity (Wildman–Crippen MR) is 95.4 cm³/mol. The van der Waals surface area contributed by atoms with E-state index in [9.17, 15) is 4.79 Å².